The Morgan fingerprint density at radius 1 is 0.917 bits per heavy atom. The number of carbonyl (C=O) groups is 3. The Morgan fingerprint density at radius 3 is 2.42 bits per heavy atom. The zero-order valence-corrected chi connectivity index (χ0v) is 20.3. The number of fused-ring (bicyclic) bond motifs is 1. The van der Waals surface area contributed by atoms with Gasteiger partial charge in [0.25, 0.3) is 11.8 Å². The van der Waals surface area contributed by atoms with Crippen LogP contribution in [-0.4, -0.2) is 32.6 Å². The molecule has 0 aliphatic carbocycles. The number of nitrogens with zero attached hydrogens (tertiary/aromatic N) is 2. The average Bonchev–Trinajstić information content (AvgIpc) is 3.14. The molecule has 2 N–H and O–H groups in total. The van der Waals surface area contributed by atoms with Gasteiger partial charge in [-0.15, -0.1) is 0 Å². The fraction of sp³-hybridized carbons (Fsp3) is 0.0714. The van der Waals surface area contributed by atoms with Gasteiger partial charge in [-0.2, -0.15) is 0 Å². The molecule has 4 aromatic rings. The molecule has 5 rings (SSSR count). The van der Waals surface area contributed by atoms with Gasteiger partial charge in [-0.1, -0.05) is 36.4 Å². The van der Waals surface area contributed by atoms with Crippen LogP contribution < -0.4 is 10.2 Å². The molecular formula is C28H21N3O4S. The molecule has 2 heterocycles. The number of hydrogen-bond donors (Lipinski definition) is 2. The van der Waals surface area contributed by atoms with Crippen LogP contribution in [0.3, 0.4) is 0 Å². The smallest absolute Gasteiger partial charge is 0.335 e. The number of thiocarbonyl (C=S) groups is 1. The minimum Gasteiger partial charge on any atom is -0.478 e. The van der Waals surface area contributed by atoms with Gasteiger partial charge in [-0.25, -0.2) is 4.79 Å². The number of amides is 2. The molecule has 1 aliphatic heterocycles. The van der Waals surface area contributed by atoms with Gasteiger partial charge >= 0.3 is 5.97 Å². The number of aromatic carboxylic acids is 1. The van der Waals surface area contributed by atoms with Gasteiger partial charge in [0.15, 0.2) is 5.11 Å². The van der Waals surface area contributed by atoms with Gasteiger partial charge < -0.3 is 9.67 Å². The Labute approximate surface area is 212 Å². The van der Waals surface area contributed by atoms with Crippen molar-refractivity contribution in [3.63, 3.8) is 0 Å². The molecule has 36 heavy (non-hydrogen) atoms. The summed E-state index contributed by atoms with van der Waals surface area (Å²) in [4.78, 5) is 38.7. The summed E-state index contributed by atoms with van der Waals surface area (Å²) in [5.41, 5.74) is 3.67. The monoisotopic (exact) mass is 495 g/mol. The number of carboxylic acid groups (broad SMARTS) is 1. The highest BCUT2D eigenvalue weighted by Crippen LogP contribution is 2.28. The lowest BCUT2D eigenvalue weighted by molar-refractivity contribution is -0.122. The quantitative estimate of drug-likeness (QED) is 0.242. The fourth-order valence-electron chi connectivity index (χ4n) is 4.47. The third kappa shape index (κ3) is 3.97. The van der Waals surface area contributed by atoms with Crippen LogP contribution in [0, 0.1) is 13.8 Å². The third-order valence-electron chi connectivity index (χ3n) is 6.21. The van der Waals surface area contributed by atoms with Crippen molar-refractivity contribution in [2.75, 3.05) is 4.90 Å². The molecule has 1 saturated heterocycles. The van der Waals surface area contributed by atoms with E-state index in [9.17, 15) is 19.5 Å². The summed E-state index contributed by atoms with van der Waals surface area (Å²) in [5.74, 6) is -2.36. The van der Waals surface area contributed by atoms with Gasteiger partial charge in [-0.05, 0) is 84.9 Å². The van der Waals surface area contributed by atoms with E-state index in [4.69, 9.17) is 12.2 Å². The summed E-state index contributed by atoms with van der Waals surface area (Å²) in [6.45, 7) is 3.89. The number of carbonyl (C=O) groups excluding carboxylic acids is 2. The lowest BCUT2D eigenvalue weighted by atomic mass is 10.1. The Bertz CT molecular complexity index is 1630. The molecule has 1 fully saturated rings. The van der Waals surface area contributed by atoms with Crippen LogP contribution in [0.15, 0.2) is 78.4 Å². The number of rotatable bonds is 4. The van der Waals surface area contributed by atoms with Gasteiger partial charge in [0.2, 0.25) is 0 Å². The number of nitrogens with one attached hydrogen (secondary N) is 1. The van der Waals surface area contributed by atoms with Crippen LogP contribution >= 0.6 is 12.2 Å². The molecule has 0 saturated carbocycles. The van der Waals surface area contributed by atoms with Crippen molar-refractivity contribution in [2.45, 2.75) is 13.8 Å². The van der Waals surface area contributed by atoms with E-state index >= 15 is 0 Å². The molecular weight excluding hydrogens is 474 g/mol. The second-order valence-corrected chi connectivity index (χ2v) is 8.89. The Morgan fingerprint density at radius 2 is 1.67 bits per heavy atom. The van der Waals surface area contributed by atoms with Crippen molar-refractivity contribution in [3.05, 3.63) is 101 Å². The van der Waals surface area contributed by atoms with Crippen molar-refractivity contribution < 1.29 is 19.5 Å². The molecule has 0 bridgehead atoms. The predicted octanol–water partition coefficient (Wildman–Crippen LogP) is 4.78. The van der Waals surface area contributed by atoms with Gasteiger partial charge in [-0.3, -0.25) is 19.8 Å². The second kappa shape index (κ2) is 8.90. The molecule has 0 unspecified atom stereocenters. The maximum absolute atomic E-state index is 13.4. The molecule has 0 radical (unpaired) electrons. The summed E-state index contributed by atoms with van der Waals surface area (Å²) < 4.78 is 2.07. The molecule has 1 aliphatic rings. The van der Waals surface area contributed by atoms with E-state index in [1.54, 1.807) is 12.1 Å². The standard InChI is InChI=1S/C28H21N3O4S/c1-16-12-21(17(2)30(16)23-11-10-18-6-3-4-7-19(18)13-23)15-24-25(32)29-28(36)31(26(24)33)22-9-5-8-20(14-22)27(34)35/h3-15H,1-2H3,(H,34,35)(H,29,32,36). The number of hydrogen-bond acceptors (Lipinski definition) is 4. The highest BCUT2D eigenvalue weighted by molar-refractivity contribution is 7.80. The molecule has 178 valence electrons. The number of aryl methyl sites for hydroxylation is 1. The maximum Gasteiger partial charge on any atom is 0.335 e. The first-order chi connectivity index (χ1) is 17.2. The summed E-state index contributed by atoms with van der Waals surface area (Å²) in [6, 6.07) is 22.1. The van der Waals surface area contributed by atoms with Gasteiger partial charge in [0, 0.05) is 17.1 Å². The Hall–Kier alpha value is -4.56. The number of anilines is 1. The highest BCUT2D eigenvalue weighted by Gasteiger charge is 2.35. The number of aromatic nitrogens is 1. The van der Waals surface area contributed by atoms with Crippen LogP contribution in [0.25, 0.3) is 22.5 Å². The van der Waals surface area contributed by atoms with E-state index < -0.39 is 17.8 Å². The molecule has 0 atom stereocenters. The second-order valence-electron chi connectivity index (χ2n) is 8.51. The van der Waals surface area contributed by atoms with Crippen LogP contribution in [0.1, 0.15) is 27.3 Å². The topological polar surface area (TPSA) is 91.6 Å². The van der Waals surface area contributed by atoms with E-state index in [2.05, 4.69) is 34.1 Å². The van der Waals surface area contributed by atoms with Crippen molar-refractivity contribution in [1.29, 1.82) is 0 Å². The van der Waals surface area contributed by atoms with Crippen molar-refractivity contribution in [1.82, 2.24) is 9.88 Å². The fourth-order valence-corrected chi connectivity index (χ4v) is 4.75. The normalized spacial score (nSPS) is 15.0. The first kappa shape index (κ1) is 23.2. The zero-order valence-electron chi connectivity index (χ0n) is 19.5. The highest BCUT2D eigenvalue weighted by atomic mass is 32.1. The molecule has 2 amide bonds. The minimum atomic E-state index is -1.13. The number of benzene rings is 3. The Kier molecular flexibility index (Phi) is 5.74. The summed E-state index contributed by atoms with van der Waals surface area (Å²) in [5, 5.41) is 14.0. The van der Waals surface area contributed by atoms with E-state index in [1.165, 1.54) is 18.2 Å². The largest absolute Gasteiger partial charge is 0.478 e. The third-order valence-corrected chi connectivity index (χ3v) is 6.50. The molecule has 7 nitrogen and oxygen atoms in total. The molecule has 8 heteroatoms. The van der Waals surface area contributed by atoms with Gasteiger partial charge in [0.1, 0.15) is 5.57 Å². The summed E-state index contributed by atoms with van der Waals surface area (Å²) >= 11 is 5.24. The Balaban J connectivity index is 1.56. The van der Waals surface area contributed by atoms with Crippen molar-refractivity contribution in [2.24, 2.45) is 0 Å². The van der Waals surface area contributed by atoms with E-state index in [-0.39, 0.29) is 21.9 Å². The first-order valence-electron chi connectivity index (χ1n) is 11.2. The molecule has 0 spiro atoms. The number of carboxylic acids is 1. The molecule has 3 aromatic carbocycles. The van der Waals surface area contributed by atoms with E-state index in [0.717, 1.165) is 32.7 Å². The van der Waals surface area contributed by atoms with Gasteiger partial charge in [0.05, 0.1) is 11.3 Å². The zero-order chi connectivity index (χ0) is 25.6. The van der Waals surface area contributed by atoms with Crippen molar-refractivity contribution >= 4 is 57.6 Å². The SMILES string of the molecule is Cc1cc(C=C2C(=O)NC(=S)N(c3cccc(C(=O)O)c3)C2=O)c(C)n1-c1ccc2ccccc2c1. The predicted molar refractivity (Wildman–Crippen MR) is 142 cm³/mol. The van der Waals surface area contributed by atoms with Crippen molar-refractivity contribution in [3.8, 4) is 5.69 Å². The van der Waals surface area contributed by atoms with Crippen LogP contribution in [-0.2, 0) is 9.59 Å². The maximum atomic E-state index is 13.4. The lowest BCUT2D eigenvalue weighted by Crippen LogP contribution is -2.54. The molecule has 1 aromatic heterocycles. The van der Waals surface area contributed by atoms with E-state index in [0.29, 0.717) is 5.56 Å². The van der Waals surface area contributed by atoms with E-state index in [1.807, 2.05) is 38.1 Å². The first-order valence-corrected chi connectivity index (χ1v) is 11.6. The van der Waals surface area contributed by atoms with Crippen LogP contribution in [0.2, 0.25) is 0 Å². The van der Waals surface area contributed by atoms with Crippen LogP contribution in [0.5, 0.6) is 0 Å². The summed E-state index contributed by atoms with van der Waals surface area (Å²) in [6.07, 6.45) is 1.55. The lowest BCUT2D eigenvalue weighted by Gasteiger charge is -2.29. The summed E-state index contributed by atoms with van der Waals surface area (Å²) in [7, 11) is 0. The van der Waals surface area contributed by atoms with Crippen LogP contribution in [0.4, 0.5) is 5.69 Å². The average molecular weight is 496 g/mol. The minimum absolute atomic E-state index is 0.00413.